The first-order chi connectivity index (χ1) is 11.1. The molecule has 2 N–H and O–H groups in total. The van der Waals surface area contributed by atoms with Crippen molar-refractivity contribution in [3.8, 4) is 5.75 Å². The highest BCUT2D eigenvalue weighted by molar-refractivity contribution is 9.10. The van der Waals surface area contributed by atoms with Crippen LogP contribution in [0.1, 0.15) is 31.5 Å². The molecule has 122 valence electrons. The first kappa shape index (κ1) is 17.2. The minimum absolute atomic E-state index is 0.196. The van der Waals surface area contributed by atoms with Crippen LogP contribution in [0, 0.1) is 0 Å². The van der Waals surface area contributed by atoms with Gasteiger partial charge in [-0.2, -0.15) is 5.10 Å². The number of hydrogen-bond acceptors (Lipinski definition) is 5. The molecule has 0 atom stereocenters. The molecule has 0 saturated heterocycles. The number of rotatable bonds is 7. The fourth-order valence-corrected chi connectivity index (χ4v) is 2.39. The molecule has 0 radical (unpaired) electrons. The van der Waals surface area contributed by atoms with Gasteiger partial charge in [0.15, 0.2) is 0 Å². The van der Waals surface area contributed by atoms with Gasteiger partial charge in [-0.25, -0.2) is 10.4 Å². The molecule has 0 aliphatic heterocycles. The van der Waals surface area contributed by atoms with Gasteiger partial charge in [0.1, 0.15) is 5.75 Å². The van der Waals surface area contributed by atoms with E-state index in [9.17, 15) is 4.79 Å². The Bertz CT molecular complexity index is 743. The van der Waals surface area contributed by atoms with Gasteiger partial charge in [0.25, 0.3) is 5.56 Å². The van der Waals surface area contributed by atoms with Crippen LogP contribution in [0.2, 0.25) is 0 Å². The van der Waals surface area contributed by atoms with Crippen molar-refractivity contribution in [2.75, 3.05) is 12.0 Å². The standard InChI is InChI=1S/C16H19BrN4O2/c1-3-5-13-9-15(22)20-16(19-13)21-18-10-11-8-12(17)6-7-14(11)23-4-2/h6-10H,3-5H2,1-2H3,(H2,19,20,21,22)/b18-10+. The summed E-state index contributed by atoms with van der Waals surface area (Å²) in [7, 11) is 0. The zero-order chi connectivity index (χ0) is 16.7. The summed E-state index contributed by atoms with van der Waals surface area (Å²) < 4.78 is 6.48. The average molecular weight is 379 g/mol. The van der Waals surface area contributed by atoms with Gasteiger partial charge in [-0.3, -0.25) is 9.78 Å². The molecule has 23 heavy (non-hydrogen) atoms. The zero-order valence-corrected chi connectivity index (χ0v) is 14.7. The Hall–Kier alpha value is -2.15. The van der Waals surface area contributed by atoms with Crippen molar-refractivity contribution in [1.29, 1.82) is 0 Å². The van der Waals surface area contributed by atoms with E-state index in [0.29, 0.717) is 12.6 Å². The summed E-state index contributed by atoms with van der Waals surface area (Å²) in [6.45, 7) is 4.54. The molecule has 1 heterocycles. The number of benzene rings is 1. The number of aromatic nitrogens is 2. The third kappa shape index (κ3) is 5.21. The van der Waals surface area contributed by atoms with E-state index in [1.54, 1.807) is 6.21 Å². The molecule has 0 amide bonds. The van der Waals surface area contributed by atoms with Crippen LogP contribution in [-0.2, 0) is 6.42 Å². The van der Waals surface area contributed by atoms with Gasteiger partial charge < -0.3 is 4.74 Å². The quantitative estimate of drug-likeness (QED) is 0.571. The molecule has 1 aromatic heterocycles. The second-order valence-electron chi connectivity index (χ2n) is 4.82. The Morgan fingerprint density at radius 2 is 2.22 bits per heavy atom. The summed E-state index contributed by atoms with van der Waals surface area (Å²) in [5.74, 6) is 1.06. The van der Waals surface area contributed by atoms with Gasteiger partial charge in [-0.05, 0) is 31.5 Å². The van der Waals surface area contributed by atoms with Crippen LogP contribution in [0.3, 0.4) is 0 Å². The van der Waals surface area contributed by atoms with E-state index in [2.05, 4.69) is 36.4 Å². The molecule has 0 unspecified atom stereocenters. The monoisotopic (exact) mass is 378 g/mol. The van der Waals surface area contributed by atoms with Crippen LogP contribution in [0.15, 0.2) is 38.6 Å². The topological polar surface area (TPSA) is 79.4 Å². The van der Waals surface area contributed by atoms with E-state index in [4.69, 9.17) is 4.74 Å². The van der Waals surface area contributed by atoms with Crippen molar-refractivity contribution in [3.05, 3.63) is 50.3 Å². The maximum absolute atomic E-state index is 11.6. The minimum atomic E-state index is -0.196. The lowest BCUT2D eigenvalue weighted by Crippen LogP contribution is -2.12. The highest BCUT2D eigenvalue weighted by atomic mass is 79.9. The van der Waals surface area contributed by atoms with E-state index < -0.39 is 0 Å². The SMILES string of the molecule is CCCc1cc(=O)[nH]c(N/N=C/c2cc(Br)ccc2OCC)n1. The van der Waals surface area contributed by atoms with E-state index in [1.165, 1.54) is 6.07 Å². The Kier molecular flexibility index (Phi) is 6.34. The molecule has 0 aliphatic carbocycles. The van der Waals surface area contributed by atoms with Gasteiger partial charge in [0, 0.05) is 21.8 Å². The summed E-state index contributed by atoms with van der Waals surface area (Å²) in [6.07, 6.45) is 3.31. The van der Waals surface area contributed by atoms with Gasteiger partial charge in [-0.1, -0.05) is 29.3 Å². The van der Waals surface area contributed by atoms with Gasteiger partial charge in [0.2, 0.25) is 5.95 Å². The van der Waals surface area contributed by atoms with Crippen LogP contribution in [0.5, 0.6) is 5.75 Å². The smallest absolute Gasteiger partial charge is 0.252 e. The molecule has 7 heteroatoms. The lowest BCUT2D eigenvalue weighted by Gasteiger charge is -2.07. The number of halogens is 1. The number of nitrogens with zero attached hydrogens (tertiary/aromatic N) is 2. The summed E-state index contributed by atoms with van der Waals surface area (Å²) in [5.41, 5.74) is 4.12. The zero-order valence-electron chi connectivity index (χ0n) is 13.1. The van der Waals surface area contributed by atoms with Crippen molar-refractivity contribution in [1.82, 2.24) is 9.97 Å². The Morgan fingerprint density at radius 1 is 1.39 bits per heavy atom. The largest absolute Gasteiger partial charge is 0.493 e. The Morgan fingerprint density at radius 3 is 2.96 bits per heavy atom. The first-order valence-electron chi connectivity index (χ1n) is 7.44. The molecule has 0 fully saturated rings. The predicted octanol–water partition coefficient (Wildman–Crippen LogP) is 3.33. The maximum atomic E-state index is 11.6. The molecule has 2 rings (SSSR count). The first-order valence-corrected chi connectivity index (χ1v) is 8.23. The molecule has 6 nitrogen and oxygen atoms in total. The molecule has 0 bridgehead atoms. The summed E-state index contributed by atoms with van der Waals surface area (Å²) in [5, 5.41) is 4.13. The van der Waals surface area contributed by atoms with E-state index >= 15 is 0 Å². The van der Waals surface area contributed by atoms with Crippen LogP contribution >= 0.6 is 15.9 Å². The average Bonchev–Trinajstić information content (AvgIpc) is 2.50. The summed E-state index contributed by atoms with van der Waals surface area (Å²) >= 11 is 3.42. The van der Waals surface area contributed by atoms with Crippen molar-refractivity contribution in [2.24, 2.45) is 5.10 Å². The molecule has 0 saturated carbocycles. The fourth-order valence-electron chi connectivity index (χ4n) is 2.02. The number of nitrogens with one attached hydrogen (secondary N) is 2. The van der Waals surface area contributed by atoms with Crippen molar-refractivity contribution >= 4 is 28.1 Å². The predicted molar refractivity (Wildman–Crippen MR) is 95.4 cm³/mol. The number of aromatic amines is 1. The number of aryl methyl sites for hydroxylation is 1. The molecule has 1 aromatic carbocycles. The Balaban J connectivity index is 2.16. The van der Waals surface area contributed by atoms with E-state index in [1.807, 2.05) is 32.0 Å². The van der Waals surface area contributed by atoms with Crippen molar-refractivity contribution < 1.29 is 4.74 Å². The highest BCUT2D eigenvalue weighted by Crippen LogP contribution is 2.21. The fraction of sp³-hybridized carbons (Fsp3) is 0.312. The van der Waals surface area contributed by atoms with Crippen LogP contribution < -0.4 is 15.7 Å². The summed E-state index contributed by atoms with van der Waals surface area (Å²) in [4.78, 5) is 18.5. The van der Waals surface area contributed by atoms with Gasteiger partial charge in [0.05, 0.1) is 12.8 Å². The molecule has 0 spiro atoms. The minimum Gasteiger partial charge on any atom is -0.493 e. The molecule has 0 aliphatic rings. The second kappa shape index (κ2) is 8.47. The molecular formula is C16H19BrN4O2. The van der Waals surface area contributed by atoms with Crippen LogP contribution in [0.4, 0.5) is 5.95 Å². The highest BCUT2D eigenvalue weighted by Gasteiger charge is 2.03. The lowest BCUT2D eigenvalue weighted by atomic mass is 10.2. The second-order valence-corrected chi connectivity index (χ2v) is 5.74. The van der Waals surface area contributed by atoms with Crippen molar-refractivity contribution in [3.63, 3.8) is 0 Å². The number of hydrazone groups is 1. The maximum Gasteiger partial charge on any atom is 0.252 e. The van der Waals surface area contributed by atoms with E-state index in [-0.39, 0.29) is 5.56 Å². The number of anilines is 1. The Labute approximate surface area is 143 Å². The normalized spacial score (nSPS) is 10.9. The lowest BCUT2D eigenvalue weighted by molar-refractivity contribution is 0.339. The van der Waals surface area contributed by atoms with Crippen molar-refractivity contribution in [2.45, 2.75) is 26.7 Å². The molecular weight excluding hydrogens is 360 g/mol. The third-order valence-electron chi connectivity index (χ3n) is 2.95. The molecule has 2 aromatic rings. The summed E-state index contributed by atoms with van der Waals surface area (Å²) in [6, 6.07) is 7.18. The number of H-pyrrole nitrogens is 1. The third-order valence-corrected chi connectivity index (χ3v) is 3.44. The van der Waals surface area contributed by atoms with Gasteiger partial charge in [-0.15, -0.1) is 0 Å². The van der Waals surface area contributed by atoms with Crippen LogP contribution in [-0.4, -0.2) is 22.8 Å². The van der Waals surface area contributed by atoms with E-state index in [0.717, 1.165) is 34.3 Å². The number of hydrogen-bond donors (Lipinski definition) is 2. The number of ether oxygens (including phenoxy) is 1. The van der Waals surface area contributed by atoms with Crippen LogP contribution in [0.25, 0.3) is 0 Å². The van der Waals surface area contributed by atoms with Gasteiger partial charge >= 0.3 is 0 Å².